The van der Waals surface area contributed by atoms with E-state index in [9.17, 15) is 0 Å². The first-order chi connectivity index (χ1) is 16.5. The summed E-state index contributed by atoms with van der Waals surface area (Å²) in [7, 11) is 2.07. The van der Waals surface area contributed by atoms with E-state index < -0.39 is 0 Å². The number of piperidine rings is 1. The van der Waals surface area contributed by atoms with Crippen LogP contribution >= 0.6 is 0 Å². The summed E-state index contributed by atoms with van der Waals surface area (Å²) in [5.74, 6) is 0.662. The minimum atomic E-state index is 0.0582. The van der Waals surface area contributed by atoms with Gasteiger partial charge in [0.15, 0.2) is 5.65 Å². The number of benzene rings is 1. The first kappa shape index (κ1) is 23.4. The molecule has 4 heterocycles. The van der Waals surface area contributed by atoms with Crippen LogP contribution in [0.2, 0.25) is 0 Å². The zero-order valence-corrected chi connectivity index (χ0v) is 21.7. The average Bonchev–Trinajstić information content (AvgIpc) is 3.26. The van der Waals surface area contributed by atoms with Crippen molar-refractivity contribution >= 4 is 11.6 Å². The molecule has 8 heteroatoms. The summed E-state index contributed by atoms with van der Waals surface area (Å²) < 4.78 is 1.82. The Balaban J connectivity index is 1.38. The van der Waals surface area contributed by atoms with Crippen LogP contribution in [-0.4, -0.2) is 53.9 Å². The highest BCUT2D eigenvalue weighted by atomic mass is 15.3. The molecule has 1 aliphatic rings. The lowest BCUT2D eigenvalue weighted by atomic mass is 9.79. The number of nitrogens with zero attached hydrogens (tertiary/aromatic N) is 7. The average molecular weight is 471 g/mol. The lowest BCUT2D eigenvalue weighted by Crippen LogP contribution is -2.62. The van der Waals surface area contributed by atoms with E-state index in [4.69, 9.17) is 10.1 Å². The fourth-order valence-electron chi connectivity index (χ4n) is 5.59. The zero-order chi connectivity index (χ0) is 25.0. The van der Waals surface area contributed by atoms with Gasteiger partial charge in [0.05, 0.1) is 11.9 Å². The highest BCUT2D eigenvalue weighted by Crippen LogP contribution is 2.32. The van der Waals surface area contributed by atoms with Gasteiger partial charge >= 0.3 is 0 Å². The molecule has 1 saturated heterocycles. The summed E-state index contributed by atoms with van der Waals surface area (Å²) in [6.45, 7) is 13.2. The molecular weight excluding hydrogens is 436 g/mol. The summed E-state index contributed by atoms with van der Waals surface area (Å²) in [6.07, 6.45) is 7.53. The summed E-state index contributed by atoms with van der Waals surface area (Å²) in [4.78, 5) is 11.2. The fraction of sp³-hybridized carbons (Fsp3) is 0.444. The molecule has 1 aliphatic heterocycles. The van der Waals surface area contributed by atoms with Gasteiger partial charge < -0.3 is 10.2 Å². The maximum absolute atomic E-state index is 4.71. The van der Waals surface area contributed by atoms with Gasteiger partial charge in [-0.25, -0.2) is 14.5 Å². The van der Waals surface area contributed by atoms with E-state index in [1.54, 1.807) is 6.20 Å². The van der Waals surface area contributed by atoms with Crippen molar-refractivity contribution in [2.45, 2.75) is 71.5 Å². The number of rotatable bonds is 4. The summed E-state index contributed by atoms with van der Waals surface area (Å²) in [5.41, 5.74) is 6.95. The van der Waals surface area contributed by atoms with Gasteiger partial charge in [-0.2, -0.15) is 5.10 Å². The normalized spacial score (nSPS) is 17.6. The van der Waals surface area contributed by atoms with Gasteiger partial charge in [-0.05, 0) is 77.6 Å². The third-order valence-corrected chi connectivity index (χ3v) is 6.92. The van der Waals surface area contributed by atoms with Crippen LogP contribution in [-0.2, 0) is 0 Å². The third kappa shape index (κ3) is 4.62. The second-order valence-corrected chi connectivity index (χ2v) is 11.1. The van der Waals surface area contributed by atoms with Crippen LogP contribution in [0, 0.1) is 13.8 Å². The highest BCUT2D eigenvalue weighted by Gasteiger charge is 2.39. The predicted molar refractivity (Wildman–Crippen MR) is 139 cm³/mol. The standard InChI is InChI=1S/C27H34N8/c1-17-12-19(22-13-18(2)24-28-10-11-35(24)32-22)8-9-21(17)23-16-29-25(31-30-23)34(7)20-14-26(3,4)33-27(5,6)15-20/h8-13,16,20,33H,14-15H2,1-7H3. The SMILES string of the molecule is Cc1cc(-c2cc(C)c3nccn3n2)ccc1-c1cnc(N(C)C2CC(C)(C)NC(C)(C)C2)nn1. The first-order valence-electron chi connectivity index (χ1n) is 12.2. The number of hydrogen-bond donors (Lipinski definition) is 1. The van der Waals surface area contributed by atoms with Gasteiger partial charge in [0.25, 0.3) is 0 Å². The van der Waals surface area contributed by atoms with E-state index in [1.807, 2.05) is 16.9 Å². The van der Waals surface area contributed by atoms with E-state index >= 15 is 0 Å². The van der Waals surface area contributed by atoms with Crippen LogP contribution in [0.15, 0.2) is 42.9 Å². The maximum Gasteiger partial charge on any atom is 0.245 e. The molecule has 0 bridgehead atoms. The Morgan fingerprint density at radius 2 is 1.69 bits per heavy atom. The van der Waals surface area contributed by atoms with Crippen molar-refractivity contribution in [3.63, 3.8) is 0 Å². The Morgan fingerprint density at radius 3 is 2.34 bits per heavy atom. The number of imidazole rings is 1. The van der Waals surface area contributed by atoms with Crippen molar-refractivity contribution in [2.75, 3.05) is 11.9 Å². The summed E-state index contributed by atoms with van der Waals surface area (Å²) >= 11 is 0. The van der Waals surface area contributed by atoms with Gasteiger partial charge in [-0.15, -0.1) is 10.2 Å². The Morgan fingerprint density at radius 1 is 0.943 bits per heavy atom. The van der Waals surface area contributed by atoms with E-state index in [0.29, 0.717) is 12.0 Å². The van der Waals surface area contributed by atoms with Gasteiger partial charge in [0, 0.05) is 47.7 Å². The van der Waals surface area contributed by atoms with Gasteiger partial charge in [0.1, 0.15) is 5.69 Å². The van der Waals surface area contributed by atoms with Crippen LogP contribution in [0.3, 0.4) is 0 Å². The quantitative estimate of drug-likeness (QED) is 0.466. The monoisotopic (exact) mass is 470 g/mol. The fourth-order valence-corrected chi connectivity index (χ4v) is 5.59. The molecular formula is C27H34N8. The van der Waals surface area contributed by atoms with Crippen molar-refractivity contribution in [3.8, 4) is 22.5 Å². The molecule has 3 aromatic heterocycles. The lowest BCUT2D eigenvalue weighted by Gasteiger charge is -2.48. The molecule has 0 atom stereocenters. The number of nitrogens with one attached hydrogen (secondary N) is 1. The van der Waals surface area contributed by atoms with Crippen LogP contribution in [0.4, 0.5) is 5.95 Å². The predicted octanol–water partition coefficient (Wildman–Crippen LogP) is 4.61. The minimum Gasteiger partial charge on any atom is -0.339 e. The van der Waals surface area contributed by atoms with Crippen LogP contribution in [0.1, 0.15) is 51.7 Å². The number of hydrogen-bond acceptors (Lipinski definition) is 7. The van der Waals surface area contributed by atoms with E-state index in [-0.39, 0.29) is 11.1 Å². The molecule has 0 amide bonds. The number of aromatic nitrogens is 6. The molecule has 0 radical (unpaired) electrons. The number of aryl methyl sites for hydroxylation is 2. The Kier molecular flexibility index (Phi) is 5.59. The Hall–Kier alpha value is -3.39. The Labute approximate surface area is 206 Å². The van der Waals surface area contributed by atoms with Gasteiger partial charge in [-0.1, -0.05) is 12.1 Å². The maximum atomic E-state index is 4.71. The molecule has 5 rings (SSSR count). The molecule has 35 heavy (non-hydrogen) atoms. The molecule has 8 nitrogen and oxygen atoms in total. The number of anilines is 1. The van der Waals surface area contributed by atoms with Crippen molar-refractivity contribution in [3.05, 3.63) is 54.0 Å². The first-order valence-corrected chi connectivity index (χ1v) is 12.2. The van der Waals surface area contributed by atoms with Gasteiger partial charge in [0.2, 0.25) is 5.95 Å². The second kappa shape index (κ2) is 8.37. The molecule has 0 unspecified atom stereocenters. The molecule has 4 aromatic rings. The molecule has 0 aliphatic carbocycles. The third-order valence-electron chi connectivity index (χ3n) is 6.92. The van der Waals surface area contributed by atoms with Gasteiger partial charge in [-0.3, -0.25) is 0 Å². The van der Waals surface area contributed by atoms with E-state index in [2.05, 4.69) is 98.3 Å². The van der Waals surface area contributed by atoms with Crippen LogP contribution in [0.5, 0.6) is 0 Å². The molecule has 1 fully saturated rings. The molecule has 1 aromatic carbocycles. The van der Waals surface area contributed by atoms with Crippen molar-refractivity contribution < 1.29 is 0 Å². The second-order valence-electron chi connectivity index (χ2n) is 11.1. The smallest absolute Gasteiger partial charge is 0.245 e. The molecule has 1 N–H and O–H groups in total. The van der Waals surface area contributed by atoms with E-state index in [0.717, 1.165) is 52.1 Å². The van der Waals surface area contributed by atoms with Crippen molar-refractivity contribution in [2.24, 2.45) is 0 Å². The molecule has 0 spiro atoms. The highest BCUT2D eigenvalue weighted by molar-refractivity contribution is 5.70. The van der Waals surface area contributed by atoms with Crippen molar-refractivity contribution in [1.29, 1.82) is 0 Å². The molecule has 182 valence electrons. The summed E-state index contributed by atoms with van der Waals surface area (Å²) in [6, 6.07) is 8.71. The zero-order valence-electron chi connectivity index (χ0n) is 21.7. The van der Waals surface area contributed by atoms with Crippen LogP contribution in [0.25, 0.3) is 28.2 Å². The van der Waals surface area contributed by atoms with Crippen molar-refractivity contribution in [1.82, 2.24) is 35.1 Å². The summed E-state index contributed by atoms with van der Waals surface area (Å²) in [5, 5.41) is 17.5. The largest absolute Gasteiger partial charge is 0.339 e. The van der Waals surface area contributed by atoms with Crippen LogP contribution < -0.4 is 10.2 Å². The topological polar surface area (TPSA) is 84.1 Å². The number of fused-ring (bicyclic) bond motifs is 1. The lowest BCUT2D eigenvalue weighted by molar-refractivity contribution is 0.160. The minimum absolute atomic E-state index is 0.0582. The van der Waals surface area contributed by atoms with E-state index in [1.165, 1.54) is 0 Å². The Bertz CT molecular complexity index is 1350. The molecule has 0 saturated carbocycles.